The molecule has 2 aromatic heterocycles. The van der Waals surface area contributed by atoms with E-state index < -0.39 is 0 Å². The van der Waals surface area contributed by atoms with Gasteiger partial charge in [-0.1, -0.05) is 140 Å². The summed E-state index contributed by atoms with van der Waals surface area (Å²) in [6.07, 6.45) is 0. The Morgan fingerprint density at radius 1 is 0.327 bits per heavy atom. The van der Waals surface area contributed by atoms with E-state index in [0.717, 1.165) is 17.1 Å². The molecule has 0 saturated carbocycles. The Bertz CT molecular complexity index is 3510. The van der Waals surface area contributed by atoms with E-state index in [1.165, 1.54) is 90.8 Å². The summed E-state index contributed by atoms with van der Waals surface area (Å²) in [5, 5.41) is 15.1. The molecule has 2 nitrogen and oxygen atoms in total. The van der Waals surface area contributed by atoms with Crippen LogP contribution in [0.15, 0.2) is 194 Å². The largest absolute Gasteiger partial charge is 0.310 e. The molecular weight excluding hydrogens is 685 g/mol. The van der Waals surface area contributed by atoms with Crippen molar-refractivity contribution in [3.63, 3.8) is 0 Å². The third-order valence-electron chi connectivity index (χ3n) is 11.5. The summed E-state index contributed by atoms with van der Waals surface area (Å²) in [7, 11) is 0. The minimum atomic E-state index is 1.11. The molecule has 0 spiro atoms. The number of para-hydroxylation sites is 1. The van der Waals surface area contributed by atoms with Crippen LogP contribution in [-0.2, 0) is 0 Å². The van der Waals surface area contributed by atoms with Gasteiger partial charge in [-0.15, -0.1) is 11.3 Å². The molecule has 0 bridgehead atoms. The van der Waals surface area contributed by atoms with Crippen molar-refractivity contribution in [3.8, 4) is 5.69 Å². The Morgan fingerprint density at radius 3 is 1.84 bits per heavy atom. The number of anilines is 3. The molecule has 0 unspecified atom stereocenters. The van der Waals surface area contributed by atoms with E-state index in [2.05, 4.69) is 204 Å². The van der Waals surface area contributed by atoms with E-state index in [1.807, 2.05) is 11.3 Å². The minimum Gasteiger partial charge on any atom is -0.310 e. The zero-order chi connectivity index (χ0) is 36.0. The lowest BCUT2D eigenvalue weighted by atomic mass is 9.96. The van der Waals surface area contributed by atoms with Crippen molar-refractivity contribution in [2.24, 2.45) is 0 Å². The lowest BCUT2D eigenvalue weighted by Gasteiger charge is -2.28. The monoisotopic (exact) mass is 716 g/mol. The van der Waals surface area contributed by atoms with Crippen molar-refractivity contribution in [1.29, 1.82) is 0 Å². The molecular formula is C52H32N2S. The first-order valence-corrected chi connectivity index (χ1v) is 19.7. The van der Waals surface area contributed by atoms with Crippen LogP contribution in [0.1, 0.15) is 0 Å². The topological polar surface area (TPSA) is 8.17 Å². The van der Waals surface area contributed by atoms with Crippen molar-refractivity contribution in [1.82, 2.24) is 4.57 Å². The number of hydrogen-bond acceptors (Lipinski definition) is 2. The molecule has 0 fully saturated rings. The molecule has 0 radical (unpaired) electrons. The predicted octanol–water partition coefficient (Wildman–Crippen LogP) is 15.2. The van der Waals surface area contributed by atoms with Crippen LogP contribution in [-0.4, -0.2) is 4.57 Å². The number of nitrogens with zero attached hydrogens (tertiary/aromatic N) is 2. The van der Waals surface area contributed by atoms with Gasteiger partial charge >= 0.3 is 0 Å². The first kappa shape index (κ1) is 30.5. The second-order valence-corrected chi connectivity index (χ2v) is 15.6. The molecule has 0 aliphatic carbocycles. The Morgan fingerprint density at radius 2 is 0.909 bits per heavy atom. The highest BCUT2D eigenvalue weighted by Gasteiger charge is 2.20. The summed E-state index contributed by atoms with van der Waals surface area (Å²) in [4.78, 5) is 2.46. The first-order chi connectivity index (χ1) is 27.3. The fourth-order valence-corrected chi connectivity index (χ4v) is 10.1. The van der Waals surface area contributed by atoms with Crippen molar-refractivity contribution in [2.75, 3.05) is 4.90 Å². The Labute approximate surface area is 321 Å². The minimum absolute atomic E-state index is 1.11. The number of aromatic nitrogens is 1. The molecule has 12 aromatic rings. The van der Waals surface area contributed by atoms with E-state index >= 15 is 0 Å². The number of rotatable bonds is 4. The number of benzene rings is 10. The quantitative estimate of drug-likeness (QED) is 0.165. The summed E-state index contributed by atoms with van der Waals surface area (Å²) in [6, 6.07) is 71.7. The predicted molar refractivity (Wildman–Crippen MR) is 238 cm³/mol. The maximum atomic E-state index is 2.46. The maximum Gasteiger partial charge on any atom is 0.0561 e. The highest BCUT2D eigenvalue weighted by Crippen LogP contribution is 2.45. The average molecular weight is 717 g/mol. The Kier molecular flexibility index (Phi) is 6.54. The third-order valence-corrected chi connectivity index (χ3v) is 12.7. The van der Waals surface area contributed by atoms with Gasteiger partial charge < -0.3 is 9.47 Å². The van der Waals surface area contributed by atoms with Gasteiger partial charge in [-0.05, 0) is 92.3 Å². The summed E-state index contributed by atoms with van der Waals surface area (Å²) in [5.74, 6) is 0. The van der Waals surface area contributed by atoms with Gasteiger partial charge in [0.15, 0.2) is 0 Å². The van der Waals surface area contributed by atoms with E-state index in [-0.39, 0.29) is 0 Å². The summed E-state index contributed by atoms with van der Waals surface area (Å²) < 4.78 is 5.08. The van der Waals surface area contributed by atoms with Gasteiger partial charge in [-0.3, -0.25) is 0 Å². The van der Waals surface area contributed by atoms with Gasteiger partial charge in [0.05, 0.1) is 16.7 Å². The van der Waals surface area contributed by atoms with Crippen molar-refractivity contribution >= 4 is 113 Å². The van der Waals surface area contributed by atoms with Gasteiger partial charge in [-0.2, -0.15) is 0 Å². The normalized spacial score (nSPS) is 12.0. The van der Waals surface area contributed by atoms with Crippen LogP contribution in [0.4, 0.5) is 17.1 Å². The molecule has 12 rings (SSSR count). The van der Waals surface area contributed by atoms with Crippen molar-refractivity contribution in [2.45, 2.75) is 0 Å². The van der Waals surface area contributed by atoms with Crippen molar-refractivity contribution < 1.29 is 0 Å². The highest BCUT2D eigenvalue weighted by atomic mass is 32.1. The molecule has 3 heteroatoms. The van der Waals surface area contributed by atoms with Gasteiger partial charge in [0.2, 0.25) is 0 Å². The maximum absolute atomic E-state index is 2.46. The van der Waals surface area contributed by atoms with Crippen LogP contribution in [0, 0.1) is 0 Å². The fraction of sp³-hybridized carbons (Fsp3) is 0. The smallest absolute Gasteiger partial charge is 0.0561 e. The van der Waals surface area contributed by atoms with Gasteiger partial charge in [0.1, 0.15) is 0 Å². The highest BCUT2D eigenvalue weighted by molar-refractivity contribution is 7.25. The molecule has 0 aliphatic rings. The fourth-order valence-electron chi connectivity index (χ4n) is 9.01. The lowest BCUT2D eigenvalue weighted by Crippen LogP contribution is -2.10. The van der Waals surface area contributed by atoms with Crippen molar-refractivity contribution in [3.05, 3.63) is 194 Å². The lowest BCUT2D eigenvalue weighted by molar-refractivity contribution is 1.18. The molecule has 55 heavy (non-hydrogen) atoms. The second kappa shape index (κ2) is 11.8. The van der Waals surface area contributed by atoms with Crippen LogP contribution in [0.2, 0.25) is 0 Å². The molecule has 256 valence electrons. The molecule has 0 saturated heterocycles. The van der Waals surface area contributed by atoms with E-state index in [4.69, 9.17) is 0 Å². The second-order valence-electron chi connectivity index (χ2n) is 14.5. The van der Waals surface area contributed by atoms with Crippen LogP contribution in [0.3, 0.4) is 0 Å². The van der Waals surface area contributed by atoms with Gasteiger partial charge in [-0.25, -0.2) is 0 Å². The molecule has 2 heterocycles. The standard InChI is InChI=1S/C52H32N2S/c1-2-12-35-30-36(22-20-33(35)10-1)53(48-18-9-16-40-42-25-21-34-11-3-4-13-39(34)41(42)28-29-44(40)48)37-23-26-45-43-14-5-7-17-49(43)54(50(45)31-37)38-24-27-47-46-15-6-8-19-51(46)55-52(47)32-38/h1-32H. The van der Waals surface area contributed by atoms with Crippen LogP contribution in [0.5, 0.6) is 0 Å². The first-order valence-electron chi connectivity index (χ1n) is 18.8. The van der Waals surface area contributed by atoms with E-state index in [9.17, 15) is 0 Å². The Balaban J connectivity index is 1.13. The van der Waals surface area contributed by atoms with E-state index in [1.54, 1.807) is 0 Å². The number of fused-ring (bicyclic) bond motifs is 12. The molecule has 0 N–H and O–H groups in total. The molecule has 0 atom stereocenters. The van der Waals surface area contributed by atoms with E-state index in [0.29, 0.717) is 0 Å². The SMILES string of the molecule is c1ccc2cc(N(c3ccc4c5ccccc5n(-c5ccc6c(c5)sc5ccccc56)c4c3)c3cccc4c3ccc3c5ccccc5ccc43)ccc2c1. The zero-order valence-electron chi connectivity index (χ0n) is 29.8. The van der Waals surface area contributed by atoms with Crippen LogP contribution < -0.4 is 4.90 Å². The summed E-state index contributed by atoms with van der Waals surface area (Å²) >= 11 is 1.87. The van der Waals surface area contributed by atoms with Crippen LogP contribution >= 0.6 is 11.3 Å². The van der Waals surface area contributed by atoms with Gasteiger partial charge in [0, 0.05) is 53.4 Å². The molecule has 0 amide bonds. The third kappa shape index (κ3) is 4.60. The molecule has 0 aliphatic heterocycles. The zero-order valence-corrected chi connectivity index (χ0v) is 30.6. The Hall–Kier alpha value is -6.94. The number of thiophene rings is 1. The number of hydrogen-bond donors (Lipinski definition) is 0. The average Bonchev–Trinajstić information content (AvgIpc) is 3.78. The summed E-state index contributed by atoms with van der Waals surface area (Å²) in [5.41, 5.74) is 6.94. The molecule has 10 aromatic carbocycles. The van der Waals surface area contributed by atoms with Crippen LogP contribution in [0.25, 0.3) is 90.8 Å². The van der Waals surface area contributed by atoms with Gasteiger partial charge in [0.25, 0.3) is 0 Å². The summed E-state index contributed by atoms with van der Waals surface area (Å²) in [6.45, 7) is 0.